The molecule has 0 bridgehead atoms. The van der Waals surface area contributed by atoms with Crippen molar-refractivity contribution in [3.05, 3.63) is 82.9 Å². The van der Waals surface area contributed by atoms with Crippen LogP contribution in [0.2, 0.25) is 0 Å². The monoisotopic (exact) mass is 391 g/mol. The molecule has 1 amide bonds. The minimum absolute atomic E-state index is 0.254. The lowest BCUT2D eigenvalue weighted by Gasteiger charge is -2.16. The van der Waals surface area contributed by atoms with Crippen molar-refractivity contribution in [2.24, 2.45) is 0 Å². The van der Waals surface area contributed by atoms with Crippen LogP contribution >= 0.6 is 0 Å². The molecule has 0 aromatic heterocycles. The van der Waals surface area contributed by atoms with Crippen LogP contribution < -0.4 is 5.32 Å². The smallest absolute Gasteiger partial charge is 0.339 e. The molecule has 0 radical (unpaired) electrons. The molecule has 3 rings (SSSR count). The van der Waals surface area contributed by atoms with Crippen LogP contribution in [0.4, 0.5) is 0 Å². The van der Waals surface area contributed by atoms with Crippen LogP contribution in [0.5, 0.6) is 0 Å². The molecule has 29 heavy (non-hydrogen) atoms. The first-order valence-corrected chi connectivity index (χ1v) is 10.4. The van der Waals surface area contributed by atoms with Gasteiger partial charge in [0.1, 0.15) is 0 Å². The van der Waals surface area contributed by atoms with Crippen molar-refractivity contribution >= 4 is 11.9 Å². The number of allylic oxidation sites excluding steroid dienone is 1. The number of nitrogens with one attached hydrogen (secondary N) is 1. The fourth-order valence-corrected chi connectivity index (χ4v) is 3.59. The molecule has 0 heterocycles. The van der Waals surface area contributed by atoms with Gasteiger partial charge in [-0.05, 0) is 62.6 Å². The molecule has 0 aliphatic heterocycles. The van der Waals surface area contributed by atoms with Crippen molar-refractivity contribution in [3.8, 4) is 0 Å². The van der Waals surface area contributed by atoms with E-state index in [2.05, 4.69) is 11.4 Å². The fourth-order valence-electron chi connectivity index (χ4n) is 3.59. The molecule has 2 aromatic carbocycles. The van der Waals surface area contributed by atoms with E-state index in [1.165, 1.54) is 18.4 Å². The molecule has 0 saturated heterocycles. The van der Waals surface area contributed by atoms with Crippen LogP contribution in [-0.4, -0.2) is 24.5 Å². The number of rotatable bonds is 8. The number of hydrogen-bond acceptors (Lipinski definition) is 3. The zero-order valence-electron chi connectivity index (χ0n) is 17.0. The second-order valence-electron chi connectivity index (χ2n) is 7.52. The Hall–Kier alpha value is -2.88. The van der Waals surface area contributed by atoms with Crippen LogP contribution in [0.25, 0.3) is 0 Å². The maximum absolute atomic E-state index is 12.7. The third-order valence-corrected chi connectivity index (χ3v) is 5.26. The summed E-state index contributed by atoms with van der Waals surface area (Å²) in [5.41, 5.74) is 3.93. The highest BCUT2D eigenvalue weighted by Gasteiger charge is 2.20. The number of carbonyl (C=O) groups is 2. The molecule has 0 unspecified atom stereocenters. The average molecular weight is 392 g/mol. The molecule has 0 fully saturated rings. The minimum atomic E-state index is -0.826. The fraction of sp³-hybridized carbons (Fsp3) is 0.360. The van der Waals surface area contributed by atoms with E-state index in [-0.39, 0.29) is 5.91 Å². The van der Waals surface area contributed by atoms with Gasteiger partial charge in [0.25, 0.3) is 5.91 Å². The Balaban J connectivity index is 1.53. The van der Waals surface area contributed by atoms with Gasteiger partial charge in [-0.1, -0.05) is 60.2 Å². The summed E-state index contributed by atoms with van der Waals surface area (Å²) in [4.78, 5) is 25.0. The predicted molar refractivity (Wildman–Crippen MR) is 115 cm³/mol. The zero-order valence-corrected chi connectivity index (χ0v) is 17.0. The first-order chi connectivity index (χ1) is 14.1. The summed E-state index contributed by atoms with van der Waals surface area (Å²) in [7, 11) is 0. The minimum Gasteiger partial charge on any atom is -0.449 e. The maximum Gasteiger partial charge on any atom is 0.339 e. The van der Waals surface area contributed by atoms with Gasteiger partial charge in [-0.2, -0.15) is 0 Å². The van der Waals surface area contributed by atoms with Gasteiger partial charge in [0.2, 0.25) is 0 Å². The van der Waals surface area contributed by atoms with Crippen molar-refractivity contribution in [2.45, 2.75) is 51.6 Å². The van der Waals surface area contributed by atoms with E-state index in [0.29, 0.717) is 18.5 Å². The van der Waals surface area contributed by atoms with Crippen LogP contribution in [0.15, 0.2) is 66.2 Å². The topological polar surface area (TPSA) is 55.4 Å². The lowest BCUT2D eigenvalue weighted by molar-refractivity contribution is -0.129. The number of hydrogen-bond donors (Lipinski definition) is 1. The van der Waals surface area contributed by atoms with Crippen molar-refractivity contribution in [1.29, 1.82) is 0 Å². The van der Waals surface area contributed by atoms with E-state index in [0.717, 1.165) is 30.4 Å². The van der Waals surface area contributed by atoms with Gasteiger partial charge in [0, 0.05) is 6.54 Å². The summed E-state index contributed by atoms with van der Waals surface area (Å²) < 4.78 is 5.45. The highest BCUT2D eigenvalue weighted by molar-refractivity contribution is 5.93. The van der Waals surface area contributed by atoms with E-state index >= 15 is 0 Å². The SMILES string of the molecule is C[C@H](OC(=O)c1ccccc1Cc1ccccc1)C(=O)NCCC1=CCCCC1. The molecule has 0 spiro atoms. The molecular formula is C25H29NO3. The number of amides is 1. The van der Waals surface area contributed by atoms with Crippen LogP contribution in [0, 0.1) is 0 Å². The highest BCUT2D eigenvalue weighted by Crippen LogP contribution is 2.19. The second-order valence-corrected chi connectivity index (χ2v) is 7.52. The molecule has 4 nitrogen and oxygen atoms in total. The Morgan fingerprint density at radius 3 is 2.55 bits per heavy atom. The van der Waals surface area contributed by atoms with Crippen LogP contribution in [-0.2, 0) is 16.0 Å². The average Bonchev–Trinajstić information content (AvgIpc) is 2.75. The molecule has 2 aromatic rings. The second kappa shape index (κ2) is 10.6. The van der Waals surface area contributed by atoms with Gasteiger partial charge in [-0.25, -0.2) is 4.79 Å². The molecule has 1 aliphatic rings. The van der Waals surface area contributed by atoms with E-state index in [4.69, 9.17) is 4.74 Å². The van der Waals surface area contributed by atoms with Gasteiger partial charge >= 0.3 is 5.97 Å². The van der Waals surface area contributed by atoms with Crippen molar-refractivity contribution in [1.82, 2.24) is 5.32 Å². The van der Waals surface area contributed by atoms with Crippen molar-refractivity contribution in [3.63, 3.8) is 0 Å². The number of benzene rings is 2. The lowest BCUT2D eigenvalue weighted by Crippen LogP contribution is -2.36. The molecule has 1 N–H and O–H groups in total. The summed E-state index contributed by atoms with van der Waals surface area (Å²) >= 11 is 0. The lowest BCUT2D eigenvalue weighted by atomic mass is 9.97. The first kappa shape index (κ1) is 20.8. The van der Waals surface area contributed by atoms with Gasteiger partial charge in [-0.15, -0.1) is 0 Å². The molecule has 0 saturated carbocycles. The molecule has 152 valence electrons. The van der Waals surface area contributed by atoms with Crippen molar-refractivity contribution < 1.29 is 14.3 Å². The summed E-state index contributed by atoms with van der Waals surface area (Å²) in [5, 5.41) is 2.88. The zero-order chi connectivity index (χ0) is 20.5. The van der Waals surface area contributed by atoms with Crippen molar-refractivity contribution in [2.75, 3.05) is 6.54 Å². The third-order valence-electron chi connectivity index (χ3n) is 5.26. The maximum atomic E-state index is 12.7. The Labute approximate surface area is 173 Å². The van der Waals surface area contributed by atoms with E-state index in [9.17, 15) is 9.59 Å². The van der Waals surface area contributed by atoms with E-state index in [1.54, 1.807) is 13.0 Å². The van der Waals surface area contributed by atoms with Gasteiger partial charge in [-0.3, -0.25) is 4.79 Å². The highest BCUT2D eigenvalue weighted by atomic mass is 16.5. The van der Waals surface area contributed by atoms with Crippen LogP contribution in [0.3, 0.4) is 0 Å². The quantitative estimate of drug-likeness (QED) is 0.518. The number of esters is 1. The van der Waals surface area contributed by atoms with E-state index < -0.39 is 12.1 Å². The largest absolute Gasteiger partial charge is 0.449 e. The van der Waals surface area contributed by atoms with E-state index in [1.807, 2.05) is 48.5 Å². The Bertz CT molecular complexity index is 857. The van der Waals surface area contributed by atoms with Gasteiger partial charge in [0.05, 0.1) is 5.56 Å². The molecular weight excluding hydrogens is 362 g/mol. The summed E-state index contributed by atoms with van der Waals surface area (Å²) in [5.74, 6) is -0.718. The Morgan fingerprint density at radius 1 is 1.03 bits per heavy atom. The standard InChI is InChI=1S/C25H29NO3/c1-19(24(27)26-17-16-20-10-4-2-5-11-20)29-25(28)23-15-9-8-14-22(23)18-21-12-6-3-7-13-21/h3,6-10,12-15,19H,2,4-5,11,16-18H2,1H3,(H,26,27)/t19-/m0/s1. The third kappa shape index (κ3) is 6.31. The Morgan fingerprint density at radius 2 is 1.79 bits per heavy atom. The molecule has 1 atom stereocenters. The summed E-state index contributed by atoms with van der Waals surface area (Å²) in [6.45, 7) is 2.20. The molecule has 4 heteroatoms. The number of carbonyl (C=O) groups excluding carboxylic acids is 2. The van der Waals surface area contributed by atoms with Crippen LogP contribution in [0.1, 0.15) is 60.5 Å². The summed E-state index contributed by atoms with van der Waals surface area (Å²) in [6, 6.07) is 17.4. The first-order valence-electron chi connectivity index (χ1n) is 10.4. The number of ether oxygens (including phenoxy) is 1. The predicted octanol–water partition coefficient (Wildman–Crippen LogP) is 4.83. The Kier molecular flexibility index (Phi) is 7.62. The van der Waals surface area contributed by atoms with Gasteiger partial charge in [0.15, 0.2) is 6.10 Å². The van der Waals surface area contributed by atoms with Gasteiger partial charge < -0.3 is 10.1 Å². The molecule has 1 aliphatic carbocycles. The normalized spacial score (nSPS) is 14.6. The summed E-state index contributed by atoms with van der Waals surface area (Å²) in [6.07, 6.45) is 7.72.